The van der Waals surface area contributed by atoms with Crippen molar-refractivity contribution in [3.8, 4) is 6.07 Å². The number of esters is 1. The van der Waals surface area contributed by atoms with Crippen LogP contribution in [0, 0.1) is 11.3 Å². The summed E-state index contributed by atoms with van der Waals surface area (Å²) in [6.45, 7) is 0. The number of thioether (sulfide) groups is 1. The topological polar surface area (TPSA) is 50.1 Å². The van der Waals surface area contributed by atoms with E-state index in [0.29, 0.717) is 0 Å². The number of alkyl halides is 4. The molecule has 0 aromatic heterocycles. The van der Waals surface area contributed by atoms with Crippen LogP contribution in [0.15, 0.2) is 17.0 Å². The number of nitrogens with zero attached hydrogens (tertiary/aromatic N) is 1. The van der Waals surface area contributed by atoms with Crippen molar-refractivity contribution in [2.24, 2.45) is 0 Å². The van der Waals surface area contributed by atoms with Crippen LogP contribution in [0.3, 0.4) is 0 Å². The Morgan fingerprint density at radius 1 is 1.53 bits per heavy atom. The highest BCUT2D eigenvalue weighted by Crippen LogP contribution is 2.40. The summed E-state index contributed by atoms with van der Waals surface area (Å²) in [5.41, 5.74) is -4.70. The third-order valence-electron chi connectivity index (χ3n) is 2.11. The molecular weight excluding hydrogens is 303 g/mol. The third kappa shape index (κ3) is 4.04. The van der Waals surface area contributed by atoms with E-state index in [4.69, 9.17) is 16.9 Å². The molecule has 0 unspecified atom stereocenters. The number of benzene rings is 1. The van der Waals surface area contributed by atoms with E-state index in [0.717, 1.165) is 19.2 Å². The Hall–Kier alpha value is -1.39. The summed E-state index contributed by atoms with van der Waals surface area (Å²) in [5, 5.41) is 8.90. The van der Waals surface area contributed by atoms with Crippen LogP contribution >= 0.6 is 23.4 Å². The Bertz CT molecular complexity index is 540. The van der Waals surface area contributed by atoms with Crippen LogP contribution in [-0.4, -0.2) is 18.6 Å². The normalized spacial score (nSPS) is 10.9. The van der Waals surface area contributed by atoms with Gasteiger partial charge in [-0.2, -0.15) is 18.4 Å². The molecule has 19 heavy (non-hydrogen) atoms. The second-order valence-electron chi connectivity index (χ2n) is 3.29. The number of carbonyl (C=O) groups is 1. The van der Waals surface area contributed by atoms with Crippen molar-refractivity contribution in [3.63, 3.8) is 0 Å². The van der Waals surface area contributed by atoms with E-state index in [1.807, 2.05) is 0 Å². The fraction of sp³-hybridized carbons (Fsp3) is 0.273. The summed E-state index contributed by atoms with van der Waals surface area (Å²) in [6, 6.07) is 3.89. The van der Waals surface area contributed by atoms with Gasteiger partial charge in [-0.1, -0.05) is 0 Å². The highest BCUT2D eigenvalue weighted by atomic mass is 35.5. The first-order valence-corrected chi connectivity index (χ1v) is 6.14. The Morgan fingerprint density at radius 3 is 2.58 bits per heavy atom. The van der Waals surface area contributed by atoms with Gasteiger partial charge >= 0.3 is 11.5 Å². The maximum atomic E-state index is 12.4. The number of hydrogen-bond donors (Lipinski definition) is 0. The zero-order valence-electron chi connectivity index (χ0n) is 9.55. The quantitative estimate of drug-likeness (QED) is 0.485. The second-order valence-corrected chi connectivity index (χ2v) is 4.66. The van der Waals surface area contributed by atoms with Crippen LogP contribution in [0.1, 0.15) is 21.5 Å². The van der Waals surface area contributed by atoms with Gasteiger partial charge in [-0.3, -0.25) is 0 Å². The zero-order chi connectivity index (χ0) is 14.6. The van der Waals surface area contributed by atoms with Crippen LogP contribution in [0.25, 0.3) is 0 Å². The molecule has 0 aliphatic rings. The zero-order valence-corrected chi connectivity index (χ0v) is 11.1. The molecule has 0 aliphatic carbocycles. The number of nitriles is 1. The molecule has 0 fully saturated rings. The van der Waals surface area contributed by atoms with E-state index in [2.05, 4.69) is 4.74 Å². The van der Waals surface area contributed by atoms with Gasteiger partial charge in [-0.05, 0) is 29.5 Å². The molecular formula is C11H7ClF3NO2S. The lowest BCUT2D eigenvalue weighted by Crippen LogP contribution is -2.06. The second kappa shape index (κ2) is 6.17. The number of carbonyl (C=O) groups excluding carboxylic acids is 1. The Morgan fingerprint density at radius 2 is 2.16 bits per heavy atom. The molecule has 0 N–H and O–H groups in total. The predicted octanol–water partition coefficient (Wildman–Crippen LogP) is 3.70. The number of rotatable bonds is 3. The van der Waals surface area contributed by atoms with Gasteiger partial charge in [0, 0.05) is 10.8 Å². The van der Waals surface area contributed by atoms with E-state index in [9.17, 15) is 18.0 Å². The number of halogens is 4. The maximum Gasteiger partial charge on any atom is 0.446 e. The standard InChI is InChI=1S/C11H7ClF3NO2S/c1-18-10(17)6-2-7(5-16)8(4-12)9(3-6)19-11(13,14)15/h2-3H,4H2,1H3. The SMILES string of the molecule is COC(=O)c1cc(C#N)c(CCl)c(SC(F)(F)F)c1. The Kier molecular flexibility index (Phi) is 5.09. The van der Waals surface area contributed by atoms with Crippen molar-refractivity contribution in [2.75, 3.05) is 7.11 Å². The first-order valence-electron chi connectivity index (χ1n) is 4.79. The van der Waals surface area contributed by atoms with Gasteiger partial charge in [0.15, 0.2) is 0 Å². The van der Waals surface area contributed by atoms with Gasteiger partial charge in [0.05, 0.1) is 24.3 Å². The van der Waals surface area contributed by atoms with Crippen molar-refractivity contribution in [1.82, 2.24) is 0 Å². The molecule has 0 amide bonds. The summed E-state index contributed by atoms with van der Waals surface area (Å²) >= 11 is 5.14. The first-order chi connectivity index (χ1) is 8.82. The minimum Gasteiger partial charge on any atom is -0.465 e. The molecule has 1 aromatic rings. The van der Waals surface area contributed by atoms with Crippen LogP contribution in [-0.2, 0) is 10.6 Å². The lowest BCUT2D eigenvalue weighted by molar-refractivity contribution is -0.0328. The van der Waals surface area contributed by atoms with Crippen LogP contribution in [0.4, 0.5) is 13.2 Å². The lowest BCUT2D eigenvalue weighted by atomic mass is 10.1. The molecule has 1 rings (SSSR count). The average Bonchev–Trinajstić information content (AvgIpc) is 2.34. The fourth-order valence-electron chi connectivity index (χ4n) is 1.33. The van der Waals surface area contributed by atoms with Gasteiger partial charge in [0.25, 0.3) is 0 Å². The average molecular weight is 310 g/mol. The summed E-state index contributed by atoms with van der Waals surface area (Å²) in [4.78, 5) is 11.1. The monoisotopic (exact) mass is 309 g/mol. The lowest BCUT2D eigenvalue weighted by Gasteiger charge is -2.12. The molecule has 0 spiro atoms. The number of ether oxygens (including phenoxy) is 1. The minimum absolute atomic E-state index is 0.0409. The van der Waals surface area contributed by atoms with E-state index >= 15 is 0 Å². The van der Waals surface area contributed by atoms with Crippen molar-refractivity contribution in [3.05, 3.63) is 28.8 Å². The van der Waals surface area contributed by atoms with Gasteiger partial charge in [-0.25, -0.2) is 4.79 Å². The molecule has 0 radical (unpaired) electrons. The van der Waals surface area contributed by atoms with Crippen molar-refractivity contribution >= 4 is 29.3 Å². The molecule has 8 heteroatoms. The molecule has 0 heterocycles. The summed E-state index contributed by atoms with van der Waals surface area (Å²) < 4.78 is 41.7. The van der Waals surface area contributed by atoms with Crippen molar-refractivity contribution in [2.45, 2.75) is 16.3 Å². The van der Waals surface area contributed by atoms with Crippen molar-refractivity contribution in [1.29, 1.82) is 5.26 Å². The largest absolute Gasteiger partial charge is 0.465 e. The van der Waals surface area contributed by atoms with Crippen molar-refractivity contribution < 1.29 is 22.7 Å². The highest BCUT2D eigenvalue weighted by Gasteiger charge is 2.31. The number of hydrogen-bond acceptors (Lipinski definition) is 4. The predicted molar refractivity (Wildman–Crippen MR) is 64.0 cm³/mol. The summed E-state index contributed by atoms with van der Waals surface area (Å²) in [7, 11) is 1.10. The highest BCUT2D eigenvalue weighted by molar-refractivity contribution is 8.00. The van der Waals surface area contributed by atoms with E-state index in [1.165, 1.54) is 0 Å². The molecule has 0 bridgehead atoms. The number of methoxy groups -OCH3 is 1. The van der Waals surface area contributed by atoms with E-state index < -0.39 is 23.2 Å². The van der Waals surface area contributed by atoms with Gasteiger partial charge in [-0.15, -0.1) is 11.6 Å². The van der Waals surface area contributed by atoms with Gasteiger partial charge in [0.2, 0.25) is 0 Å². The van der Waals surface area contributed by atoms with Crippen LogP contribution in [0.2, 0.25) is 0 Å². The molecule has 0 aliphatic heterocycles. The summed E-state index contributed by atoms with van der Waals surface area (Å²) in [5.74, 6) is -1.08. The van der Waals surface area contributed by atoms with Crippen LogP contribution < -0.4 is 0 Å². The first kappa shape index (κ1) is 15.7. The summed E-state index contributed by atoms with van der Waals surface area (Å²) in [6.07, 6.45) is 0. The smallest absolute Gasteiger partial charge is 0.446 e. The Balaban J connectivity index is 3.41. The minimum atomic E-state index is -4.54. The van der Waals surface area contributed by atoms with Gasteiger partial charge < -0.3 is 4.74 Å². The Labute approximate surface area is 116 Å². The molecule has 102 valence electrons. The molecule has 0 saturated heterocycles. The fourth-order valence-corrected chi connectivity index (χ4v) is 2.44. The molecule has 0 atom stereocenters. The van der Waals surface area contributed by atoms with Gasteiger partial charge in [0.1, 0.15) is 0 Å². The molecule has 3 nitrogen and oxygen atoms in total. The third-order valence-corrected chi connectivity index (χ3v) is 3.19. The molecule has 1 aromatic carbocycles. The van der Waals surface area contributed by atoms with E-state index in [1.54, 1.807) is 6.07 Å². The van der Waals surface area contributed by atoms with Crippen LogP contribution in [0.5, 0.6) is 0 Å². The maximum absolute atomic E-state index is 12.4. The van der Waals surface area contributed by atoms with E-state index in [-0.39, 0.29) is 27.5 Å². The molecule has 0 saturated carbocycles.